The molecular formula is C22H26N4O2S. The second-order valence-corrected chi connectivity index (χ2v) is 8.54. The second kappa shape index (κ2) is 8.78. The van der Waals surface area contributed by atoms with Crippen molar-refractivity contribution < 1.29 is 9.53 Å². The number of amides is 1. The SMILES string of the molecule is Cc1nc(-c2cnn(C)c2)sc1C(=O)NCc1cccc(OC2CCCCC2)c1. The molecule has 1 aromatic carbocycles. The molecular weight excluding hydrogens is 384 g/mol. The van der Waals surface area contributed by atoms with Gasteiger partial charge in [-0.05, 0) is 50.3 Å². The van der Waals surface area contributed by atoms with E-state index in [1.165, 1.54) is 30.6 Å². The van der Waals surface area contributed by atoms with Gasteiger partial charge in [-0.2, -0.15) is 5.10 Å². The maximum absolute atomic E-state index is 12.7. The van der Waals surface area contributed by atoms with E-state index in [1.54, 1.807) is 10.9 Å². The standard InChI is InChI=1S/C22H26N4O2S/c1-15-20(29-22(25-15)17-13-24-26(2)14-17)21(27)23-12-16-7-6-10-19(11-16)28-18-8-4-3-5-9-18/h6-7,10-11,13-14,18H,3-5,8-9,12H2,1-2H3,(H,23,27). The molecule has 1 aliphatic rings. The van der Waals surface area contributed by atoms with E-state index >= 15 is 0 Å². The number of hydrogen-bond acceptors (Lipinski definition) is 5. The third kappa shape index (κ3) is 4.85. The molecule has 1 amide bonds. The van der Waals surface area contributed by atoms with Crippen LogP contribution in [-0.4, -0.2) is 26.8 Å². The number of carbonyl (C=O) groups is 1. The molecule has 0 spiro atoms. The molecule has 7 heteroatoms. The number of benzene rings is 1. The van der Waals surface area contributed by atoms with Crippen molar-refractivity contribution in [1.29, 1.82) is 0 Å². The van der Waals surface area contributed by atoms with Gasteiger partial charge in [0.05, 0.1) is 18.0 Å². The first-order valence-corrected chi connectivity index (χ1v) is 10.9. The molecule has 6 nitrogen and oxygen atoms in total. The smallest absolute Gasteiger partial charge is 0.263 e. The number of aryl methyl sites for hydroxylation is 2. The van der Waals surface area contributed by atoms with Gasteiger partial charge in [0.25, 0.3) is 5.91 Å². The Balaban J connectivity index is 1.38. The normalized spacial score (nSPS) is 14.7. The number of thiazole rings is 1. The van der Waals surface area contributed by atoms with Gasteiger partial charge >= 0.3 is 0 Å². The van der Waals surface area contributed by atoms with Crippen LogP contribution in [0.2, 0.25) is 0 Å². The van der Waals surface area contributed by atoms with Crippen LogP contribution in [0.3, 0.4) is 0 Å². The highest BCUT2D eigenvalue weighted by molar-refractivity contribution is 7.17. The van der Waals surface area contributed by atoms with E-state index in [2.05, 4.69) is 15.4 Å². The lowest BCUT2D eigenvalue weighted by Crippen LogP contribution is -2.23. The van der Waals surface area contributed by atoms with Crippen LogP contribution in [0.25, 0.3) is 10.6 Å². The Bertz CT molecular complexity index is 988. The van der Waals surface area contributed by atoms with Crippen LogP contribution in [-0.2, 0) is 13.6 Å². The molecule has 0 bridgehead atoms. The number of carbonyl (C=O) groups excluding carboxylic acids is 1. The second-order valence-electron chi connectivity index (χ2n) is 7.54. The number of aromatic nitrogens is 3. The Morgan fingerprint density at radius 2 is 2.14 bits per heavy atom. The molecule has 1 aliphatic carbocycles. The van der Waals surface area contributed by atoms with Gasteiger partial charge in [0.15, 0.2) is 0 Å². The zero-order valence-electron chi connectivity index (χ0n) is 16.9. The molecule has 1 fully saturated rings. The molecule has 0 aliphatic heterocycles. The van der Waals surface area contributed by atoms with Crippen molar-refractivity contribution in [2.45, 2.75) is 51.7 Å². The fourth-order valence-electron chi connectivity index (χ4n) is 3.63. The molecule has 2 aromatic heterocycles. The lowest BCUT2D eigenvalue weighted by Gasteiger charge is -2.23. The van der Waals surface area contributed by atoms with Gasteiger partial charge in [-0.15, -0.1) is 11.3 Å². The summed E-state index contributed by atoms with van der Waals surface area (Å²) in [7, 11) is 1.86. The van der Waals surface area contributed by atoms with Crippen LogP contribution in [0.15, 0.2) is 36.7 Å². The summed E-state index contributed by atoms with van der Waals surface area (Å²) < 4.78 is 7.86. The Morgan fingerprint density at radius 3 is 2.90 bits per heavy atom. The fraction of sp³-hybridized carbons (Fsp3) is 0.409. The molecule has 29 heavy (non-hydrogen) atoms. The summed E-state index contributed by atoms with van der Waals surface area (Å²) in [5.74, 6) is 0.783. The van der Waals surface area contributed by atoms with Gasteiger partial charge in [0.1, 0.15) is 15.6 Å². The number of ether oxygens (including phenoxy) is 1. The van der Waals surface area contributed by atoms with Crippen LogP contribution in [0.1, 0.15) is 53.0 Å². The number of nitrogens with one attached hydrogen (secondary N) is 1. The van der Waals surface area contributed by atoms with Crippen molar-refractivity contribution in [3.63, 3.8) is 0 Å². The molecule has 0 atom stereocenters. The largest absolute Gasteiger partial charge is 0.490 e. The average molecular weight is 411 g/mol. The average Bonchev–Trinajstić information content (AvgIpc) is 3.33. The fourth-order valence-corrected chi connectivity index (χ4v) is 4.59. The first-order valence-electron chi connectivity index (χ1n) is 10.1. The molecule has 0 saturated heterocycles. The first kappa shape index (κ1) is 19.6. The third-order valence-corrected chi connectivity index (χ3v) is 6.37. The highest BCUT2D eigenvalue weighted by Crippen LogP contribution is 2.28. The van der Waals surface area contributed by atoms with Gasteiger partial charge in [-0.3, -0.25) is 9.48 Å². The minimum Gasteiger partial charge on any atom is -0.490 e. The van der Waals surface area contributed by atoms with Crippen molar-refractivity contribution in [3.05, 3.63) is 52.8 Å². The predicted octanol–water partition coefficient (Wildman–Crippen LogP) is 4.49. The zero-order valence-corrected chi connectivity index (χ0v) is 17.7. The topological polar surface area (TPSA) is 69.0 Å². The molecule has 3 aromatic rings. The van der Waals surface area contributed by atoms with Crippen molar-refractivity contribution in [2.75, 3.05) is 0 Å². The first-order chi connectivity index (χ1) is 14.1. The summed E-state index contributed by atoms with van der Waals surface area (Å²) in [4.78, 5) is 17.9. The van der Waals surface area contributed by atoms with Gasteiger partial charge in [0.2, 0.25) is 0 Å². The third-order valence-electron chi connectivity index (χ3n) is 5.16. The molecule has 0 unspecified atom stereocenters. The van der Waals surface area contributed by atoms with Crippen molar-refractivity contribution in [2.24, 2.45) is 7.05 Å². The Morgan fingerprint density at radius 1 is 1.31 bits per heavy atom. The lowest BCUT2D eigenvalue weighted by molar-refractivity contribution is 0.0954. The van der Waals surface area contributed by atoms with E-state index in [-0.39, 0.29) is 5.91 Å². The monoisotopic (exact) mass is 410 g/mol. The van der Waals surface area contributed by atoms with E-state index < -0.39 is 0 Å². The molecule has 1 N–H and O–H groups in total. The Kier molecular flexibility index (Phi) is 5.94. The van der Waals surface area contributed by atoms with Crippen LogP contribution in [0.5, 0.6) is 5.75 Å². The van der Waals surface area contributed by atoms with Crippen LogP contribution >= 0.6 is 11.3 Å². The maximum atomic E-state index is 12.7. The number of nitrogens with zero attached hydrogens (tertiary/aromatic N) is 3. The molecule has 1 saturated carbocycles. The quantitative estimate of drug-likeness (QED) is 0.650. The van der Waals surface area contributed by atoms with Crippen LogP contribution < -0.4 is 10.1 Å². The lowest BCUT2D eigenvalue weighted by atomic mass is 9.98. The summed E-state index contributed by atoms with van der Waals surface area (Å²) in [5.41, 5.74) is 2.69. The predicted molar refractivity (Wildman–Crippen MR) is 114 cm³/mol. The summed E-state index contributed by atoms with van der Waals surface area (Å²) in [6, 6.07) is 8.01. The van der Waals surface area contributed by atoms with Crippen LogP contribution in [0, 0.1) is 6.92 Å². The minimum atomic E-state index is -0.103. The van der Waals surface area contributed by atoms with Gasteiger partial charge in [-0.25, -0.2) is 4.98 Å². The van der Waals surface area contributed by atoms with Crippen molar-refractivity contribution in [1.82, 2.24) is 20.1 Å². The van der Waals surface area contributed by atoms with Crippen molar-refractivity contribution >= 4 is 17.2 Å². The summed E-state index contributed by atoms with van der Waals surface area (Å²) >= 11 is 1.39. The summed E-state index contributed by atoms with van der Waals surface area (Å²) in [6.07, 6.45) is 10.0. The van der Waals surface area contributed by atoms with E-state index in [0.717, 1.165) is 40.4 Å². The maximum Gasteiger partial charge on any atom is 0.263 e. The van der Waals surface area contributed by atoms with Gasteiger partial charge < -0.3 is 10.1 Å². The zero-order chi connectivity index (χ0) is 20.2. The molecule has 4 rings (SSSR count). The molecule has 152 valence electrons. The van der Waals surface area contributed by atoms with E-state index in [9.17, 15) is 4.79 Å². The molecule has 0 radical (unpaired) electrons. The van der Waals surface area contributed by atoms with Crippen molar-refractivity contribution in [3.8, 4) is 16.3 Å². The van der Waals surface area contributed by atoms with E-state index in [1.807, 2.05) is 44.4 Å². The van der Waals surface area contributed by atoms with Gasteiger partial charge in [-0.1, -0.05) is 18.6 Å². The highest BCUT2D eigenvalue weighted by Gasteiger charge is 2.17. The molecule has 2 heterocycles. The highest BCUT2D eigenvalue weighted by atomic mass is 32.1. The number of hydrogen-bond donors (Lipinski definition) is 1. The van der Waals surface area contributed by atoms with Crippen LogP contribution in [0.4, 0.5) is 0 Å². The van der Waals surface area contributed by atoms with Gasteiger partial charge in [0, 0.05) is 25.4 Å². The summed E-state index contributed by atoms with van der Waals surface area (Å²) in [5, 5.41) is 7.99. The van der Waals surface area contributed by atoms with E-state index in [4.69, 9.17) is 4.74 Å². The number of rotatable bonds is 6. The Labute approximate surface area is 174 Å². The van der Waals surface area contributed by atoms with E-state index in [0.29, 0.717) is 17.5 Å². The minimum absolute atomic E-state index is 0.103. The summed E-state index contributed by atoms with van der Waals surface area (Å²) in [6.45, 7) is 2.32. The Hall–Kier alpha value is -2.67.